The Morgan fingerprint density at radius 3 is 1.88 bits per heavy atom. The number of benzene rings is 1. The van der Waals surface area contributed by atoms with Crippen molar-refractivity contribution in [1.82, 2.24) is 0 Å². The summed E-state index contributed by atoms with van der Waals surface area (Å²) in [5, 5.41) is 9.53. The van der Waals surface area contributed by atoms with Gasteiger partial charge in [0.1, 0.15) is 5.75 Å². The normalized spacial score (nSPS) is 15.1. The van der Waals surface area contributed by atoms with Gasteiger partial charge in [0.25, 0.3) is 0 Å². The van der Waals surface area contributed by atoms with Gasteiger partial charge < -0.3 is 23.9 Å². The maximum atomic E-state index is 14.4. The molecule has 34 heavy (non-hydrogen) atoms. The molecule has 0 amide bonds. The highest BCUT2D eigenvalue weighted by Crippen LogP contribution is 2.75. The van der Waals surface area contributed by atoms with Crippen LogP contribution in [0.15, 0.2) is 18.2 Å². The van der Waals surface area contributed by atoms with Crippen molar-refractivity contribution in [3.05, 3.63) is 23.8 Å². The van der Waals surface area contributed by atoms with E-state index in [0.717, 1.165) is 0 Å². The van der Waals surface area contributed by atoms with Crippen LogP contribution in [0.1, 0.15) is 73.3 Å². The fraction of sp³-hybridized carbons (Fsp3) is 0.682. The molecule has 0 aliphatic heterocycles. The molecule has 1 aromatic carbocycles. The predicted molar refractivity (Wildman–Crippen MR) is 135 cm³/mol. The van der Waals surface area contributed by atoms with Crippen LogP contribution in [-0.2, 0) is 28.4 Å². The quantitative estimate of drug-likeness (QED) is 0.250. The number of hydrogen-bond acceptors (Lipinski definition) is 6. The van der Waals surface area contributed by atoms with Crippen molar-refractivity contribution in [3.63, 3.8) is 0 Å². The Morgan fingerprint density at radius 1 is 0.971 bits per heavy atom. The van der Waals surface area contributed by atoms with Gasteiger partial charge in [0, 0.05) is 28.6 Å². The number of hydrogen-bond donors (Lipinski definition) is 3. The van der Waals surface area contributed by atoms with Crippen molar-refractivity contribution in [2.24, 2.45) is 0 Å². The van der Waals surface area contributed by atoms with Gasteiger partial charge in [0.05, 0.1) is 13.0 Å². The van der Waals surface area contributed by atoms with Crippen LogP contribution in [0.4, 0.5) is 0 Å². The summed E-state index contributed by atoms with van der Waals surface area (Å²) >= 11 is 0. The molecule has 1 unspecified atom stereocenters. The van der Waals surface area contributed by atoms with Crippen LogP contribution >= 0.6 is 22.3 Å². The van der Waals surface area contributed by atoms with E-state index in [1.807, 2.05) is 0 Å². The van der Waals surface area contributed by atoms with Gasteiger partial charge in [0.15, 0.2) is 4.90 Å². The molecule has 0 fully saturated rings. The van der Waals surface area contributed by atoms with Gasteiger partial charge in [-0.2, -0.15) is 0 Å². The third-order valence-electron chi connectivity index (χ3n) is 6.39. The van der Waals surface area contributed by atoms with E-state index in [0.29, 0.717) is 5.56 Å². The predicted octanol–water partition coefficient (Wildman–Crippen LogP) is 5.77. The highest BCUT2D eigenvalue weighted by Gasteiger charge is 2.59. The molecule has 0 aliphatic carbocycles. The van der Waals surface area contributed by atoms with Gasteiger partial charge >= 0.3 is 13.6 Å². The molecule has 0 heterocycles. The molecular weight excluding hydrogens is 501 g/mol. The van der Waals surface area contributed by atoms with E-state index in [-0.39, 0.29) is 49.2 Å². The lowest BCUT2D eigenvalue weighted by Crippen LogP contribution is -2.34. The first kappa shape index (κ1) is 31.1. The van der Waals surface area contributed by atoms with Crippen molar-refractivity contribution in [2.45, 2.75) is 78.0 Å². The summed E-state index contributed by atoms with van der Waals surface area (Å²) in [6, 6.07) is 4.31. The zero-order chi connectivity index (χ0) is 26.6. The molecule has 0 spiro atoms. The monoisotopic (exact) mass is 540 g/mol. The second-order valence-corrected chi connectivity index (χ2v) is 17.0. The lowest BCUT2D eigenvalue weighted by molar-refractivity contribution is -0.138. The molecule has 1 rings (SSSR count). The average Bonchev–Trinajstić information content (AvgIpc) is 2.73. The summed E-state index contributed by atoms with van der Waals surface area (Å²) in [6.07, 6.45) is 0.0402. The van der Waals surface area contributed by atoms with Gasteiger partial charge in [-0.3, -0.25) is 18.5 Å². The van der Waals surface area contributed by atoms with E-state index in [2.05, 4.69) is 0 Å². The molecule has 0 radical (unpaired) electrons. The van der Waals surface area contributed by atoms with Crippen LogP contribution in [0.5, 0.6) is 5.75 Å². The minimum atomic E-state index is -4.92. The van der Waals surface area contributed by atoms with Gasteiger partial charge in [0.2, 0.25) is 14.7 Å². The van der Waals surface area contributed by atoms with E-state index in [9.17, 15) is 33.4 Å². The third-order valence-corrected chi connectivity index (χ3v) is 15.4. The fourth-order valence-corrected chi connectivity index (χ4v) is 10.8. The third kappa shape index (κ3) is 6.06. The Morgan fingerprint density at radius 2 is 1.50 bits per heavy atom. The van der Waals surface area contributed by atoms with E-state index in [1.165, 1.54) is 18.2 Å². The van der Waals surface area contributed by atoms with Crippen LogP contribution in [0, 0.1) is 0 Å². The first-order valence-corrected chi connectivity index (χ1v) is 16.7. The van der Waals surface area contributed by atoms with Crippen LogP contribution in [0.25, 0.3) is 0 Å². The Kier molecular flexibility index (Phi) is 10.4. The molecular formula is C22H39O9P3. The number of carboxylic acids is 1. The van der Waals surface area contributed by atoms with Crippen LogP contribution in [-0.4, -0.2) is 44.7 Å². The van der Waals surface area contributed by atoms with E-state index < -0.39 is 38.6 Å². The van der Waals surface area contributed by atoms with Gasteiger partial charge in [-0.1, -0.05) is 41.5 Å². The maximum absolute atomic E-state index is 14.4. The number of rotatable bonds is 14. The Labute approximate surface area is 202 Å². The first-order chi connectivity index (χ1) is 15.5. The fourth-order valence-electron chi connectivity index (χ4n) is 4.18. The van der Waals surface area contributed by atoms with Crippen molar-refractivity contribution in [1.29, 1.82) is 0 Å². The SMILES string of the molecule is CCOP(=O)(c1ccc(OP(=O)(CC)CC)c(C(C)(C)CC(=O)O)c1)C(CC)(CC)P(=O)(O)O. The molecule has 0 aliphatic rings. The summed E-state index contributed by atoms with van der Waals surface area (Å²) < 4.78 is 51.8. The van der Waals surface area contributed by atoms with Crippen molar-refractivity contribution < 1.29 is 42.4 Å². The van der Waals surface area contributed by atoms with Gasteiger partial charge in [-0.15, -0.1) is 0 Å². The Bertz CT molecular complexity index is 1000. The number of aliphatic carboxylic acids is 1. The Balaban J connectivity index is 4.01. The largest absolute Gasteiger partial charge is 0.481 e. The Hall–Kier alpha value is -0.940. The summed E-state index contributed by atoms with van der Waals surface area (Å²) in [6.45, 7) is 11.5. The molecule has 3 N–H and O–H groups in total. The zero-order valence-electron chi connectivity index (χ0n) is 21.1. The van der Waals surface area contributed by atoms with Crippen LogP contribution < -0.4 is 9.83 Å². The smallest absolute Gasteiger partial charge is 0.341 e. The maximum Gasteiger partial charge on any atom is 0.341 e. The lowest BCUT2D eigenvalue weighted by Gasteiger charge is -2.39. The van der Waals surface area contributed by atoms with Crippen molar-refractivity contribution >= 4 is 33.6 Å². The van der Waals surface area contributed by atoms with E-state index >= 15 is 0 Å². The molecule has 9 nitrogen and oxygen atoms in total. The molecule has 0 bridgehead atoms. The van der Waals surface area contributed by atoms with Crippen LogP contribution in [0.2, 0.25) is 0 Å². The van der Waals surface area contributed by atoms with E-state index in [4.69, 9.17) is 9.05 Å². The molecule has 0 saturated heterocycles. The topological polar surface area (TPSA) is 147 Å². The molecule has 196 valence electrons. The highest BCUT2D eigenvalue weighted by atomic mass is 31.2. The summed E-state index contributed by atoms with van der Waals surface area (Å²) in [5.74, 6) is -0.880. The summed E-state index contributed by atoms with van der Waals surface area (Å²) in [5.41, 5.74) is -0.703. The average molecular weight is 540 g/mol. The van der Waals surface area contributed by atoms with Crippen LogP contribution in [0.3, 0.4) is 0 Å². The number of carbonyl (C=O) groups is 1. The van der Waals surface area contributed by atoms with Gasteiger partial charge in [-0.05, 0) is 38.0 Å². The second-order valence-electron chi connectivity index (χ2n) is 8.88. The highest BCUT2D eigenvalue weighted by molar-refractivity contribution is 7.80. The van der Waals surface area contributed by atoms with E-state index in [1.54, 1.807) is 48.5 Å². The standard InChI is InChI=1S/C22H39O9P3/c1-8-22(9-2,34(27,28)29)33(26,30-10-3)17-13-14-19(31-32(25,11-4)12-5)18(15-17)21(6,7)16-20(23)24/h13-15H,8-12,16H2,1-7H3,(H,23,24)(H2,27,28,29). The molecule has 0 aromatic heterocycles. The van der Waals surface area contributed by atoms with Gasteiger partial charge in [-0.25, -0.2) is 0 Å². The molecule has 1 atom stereocenters. The molecule has 1 aromatic rings. The molecule has 0 saturated carbocycles. The minimum absolute atomic E-state index is 0.0496. The number of carboxylic acid groups (broad SMARTS) is 1. The lowest BCUT2D eigenvalue weighted by atomic mass is 9.81. The minimum Gasteiger partial charge on any atom is -0.481 e. The summed E-state index contributed by atoms with van der Waals surface area (Å²) in [4.78, 5) is 30.2. The van der Waals surface area contributed by atoms with Crippen molar-refractivity contribution in [3.8, 4) is 5.75 Å². The molecule has 12 heteroatoms. The summed E-state index contributed by atoms with van der Waals surface area (Å²) in [7, 11) is -12.1. The first-order valence-electron chi connectivity index (χ1n) is 11.5. The van der Waals surface area contributed by atoms with Crippen molar-refractivity contribution in [2.75, 3.05) is 18.9 Å². The zero-order valence-corrected chi connectivity index (χ0v) is 23.8. The second kappa shape index (κ2) is 11.4.